The average Bonchev–Trinajstić information content (AvgIpc) is 2.74. The number of nitrogens with zero attached hydrogens (tertiary/aromatic N) is 2. The maximum absolute atomic E-state index is 13.4. The average molecular weight is 414 g/mol. The summed E-state index contributed by atoms with van der Waals surface area (Å²) in [6, 6.07) is 10.4. The highest BCUT2D eigenvalue weighted by Crippen LogP contribution is 2.31. The lowest BCUT2D eigenvalue weighted by Crippen LogP contribution is -2.29. The van der Waals surface area contributed by atoms with E-state index in [0.717, 1.165) is 44.2 Å². The lowest BCUT2D eigenvalue weighted by Gasteiger charge is -2.26. The van der Waals surface area contributed by atoms with Crippen LogP contribution < -0.4 is 5.56 Å². The number of halogens is 2. The number of carbonyl (C=O) groups excluding carboxylic acids is 1. The zero-order valence-electron chi connectivity index (χ0n) is 15.7. The molecule has 29 heavy (non-hydrogen) atoms. The van der Waals surface area contributed by atoms with Crippen molar-refractivity contribution in [2.75, 3.05) is 5.75 Å². The molecule has 0 unspecified atom stereocenters. The van der Waals surface area contributed by atoms with E-state index >= 15 is 0 Å². The first kappa shape index (κ1) is 19.8. The fraction of sp³-hybridized carbons (Fsp3) is 0.318. The molecule has 0 N–H and O–H groups in total. The number of aromatic nitrogens is 2. The van der Waals surface area contributed by atoms with Gasteiger partial charge < -0.3 is 0 Å². The number of carbonyl (C=O) groups is 1. The summed E-state index contributed by atoms with van der Waals surface area (Å²) in [5.74, 6) is -2.39. The molecule has 0 saturated heterocycles. The highest BCUT2D eigenvalue weighted by Gasteiger charge is 2.22. The summed E-state index contributed by atoms with van der Waals surface area (Å²) in [5.41, 5.74) is 0.598. The predicted molar refractivity (Wildman–Crippen MR) is 110 cm³/mol. The molecular weight excluding hydrogens is 394 g/mol. The van der Waals surface area contributed by atoms with Crippen LogP contribution in [0.3, 0.4) is 0 Å². The van der Waals surface area contributed by atoms with E-state index in [4.69, 9.17) is 0 Å². The molecule has 7 heteroatoms. The third kappa shape index (κ3) is 4.10. The molecule has 1 aliphatic carbocycles. The van der Waals surface area contributed by atoms with Crippen molar-refractivity contribution >= 4 is 28.4 Å². The van der Waals surface area contributed by atoms with Crippen LogP contribution in [0.1, 0.15) is 48.5 Å². The maximum Gasteiger partial charge on any atom is 0.262 e. The van der Waals surface area contributed by atoms with Crippen molar-refractivity contribution in [3.8, 4) is 0 Å². The van der Waals surface area contributed by atoms with Crippen molar-refractivity contribution in [2.24, 2.45) is 0 Å². The minimum atomic E-state index is -1.05. The molecule has 2 aromatic carbocycles. The zero-order valence-corrected chi connectivity index (χ0v) is 16.6. The Morgan fingerprint density at radius 1 is 1.07 bits per heavy atom. The molecule has 0 amide bonds. The summed E-state index contributed by atoms with van der Waals surface area (Å²) in [7, 11) is 0. The van der Waals surface area contributed by atoms with Crippen LogP contribution >= 0.6 is 11.8 Å². The summed E-state index contributed by atoms with van der Waals surface area (Å²) in [6.45, 7) is 0. The van der Waals surface area contributed by atoms with E-state index in [0.29, 0.717) is 16.1 Å². The van der Waals surface area contributed by atoms with E-state index < -0.39 is 11.6 Å². The van der Waals surface area contributed by atoms with E-state index in [1.807, 2.05) is 12.1 Å². The Hall–Kier alpha value is -2.54. The number of para-hydroxylation sites is 1. The Balaban J connectivity index is 1.67. The van der Waals surface area contributed by atoms with Gasteiger partial charge in [0.25, 0.3) is 5.56 Å². The van der Waals surface area contributed by atoms with Gasteiger partial charge in [-0.2, -0.15) is 0 Å². The molecule has 4 rings (SSSR count). The van der Waals surface area contributed by atoms with Crippen LogP contribution in [0, 0.1) is 11.6 Å². The number of hydrogen-bond acceptors (Lipinski definition) is 4. The van der Waals surface area contributed by atoms with Gasteiger partial charge in [0.1, 0.15) is 0 Å². The highest BCUT2D eigenvalue weighted by atomic mass is 32.2. The molecule has 0 aliphatic heterocycles. The number of fused-ring (bicyclic) bond motifs is 1. The van der Waals surface area contributed by atoms with Crippen LogP contribution in [0.5, 0.6) is 0 Å². The molecule has 3 aromatic rings. The molecule has 0 bridgehead atoms. The van der Waals surface area contributed by atoms with E-state index in [1.54, 1.807) is 16.7 Å². The minimum absolute atomic E-state index is 0.0113. The summed E-state index contributed by atoms with van der Waals surface area (Å²) in [4.78, 5) is 30.3. The Kier molecular flexibility index (Phi) is 5.76. The van der Waals surface area contributed by atoms with Crippen molar-refractivity contribution in [2.45, 2.75) is 43.3 Å². The number of Topliss-reactive ketones (excluding diaryl/α,β-unsaturated/α-hetero) is 1. The van der Waals surface area contributed by atoms with Crippen molar-refractivity contribution in [3.63, 3.8) is 0 Å². The third-order valence-electron chi connectivity index (χ3n) is 5.29. The number of ketones is 1. The Labute approximate surface area is 171 Å². The Morgan fingerprint density at radius 3 is 2.59 bits per heavy atom. The summed E-state index contributed by atoms with van der Waals surface area (Å²) < 4.78 is 28.3. The third-order valence-corrected chi connectivity index (χ3v) is 6.24. The molecule has 1 aliphatic rings. The fourth-order valence-electron chi connectivity index (χ4n) is 3.77. The SMILES string of the molecule is O=C(CSc1nc2ccccc2c(=O)n1C1CCCCC1)c1ccc(F)c(F)c1. The van der Waals surface area contributed by atoms with Crippen molar-refractivity contribution in [1.82, 2.24) is 9.55 Å². The maximum atomic E-state index is 13.4. The van der Waals surface area contributed by atoms with Gasteiger partial charge in [-0.3, -0.25) is 14.2 Å². The van der Waals surface area contributed by atoms with E-state index in [1.165, 1.54) is 17.8 Å². The summed E-state index contributed by atoms with van der Waals surface area (Å²) in [5, 5.41) is 1.06. The number of hydrogen-bond donors (Lipinski definition) is 0. The first-order valence-corrected chi connectivity index (χ1v) is 10.7. The quantitative estimate of drug-likeness (QED) is 0.329. The van der Waals surface area contributed by atoms with Crippen molar-refractivity contribution < 1.29 is 13.6 Å². The van der Waals surface area contributed by atoms with Gasteiger partial charge in [-0.25, -0.2) is 13.8 Å². The standard InChI is InChI=1S/C22H20F2N2O2S/c23-17-11-10-14(12-18(17)24)20(27)13-29-22-25-19-9-5-4-8-16(19)21(28)26(22)15-6-2-1-3-7-15/h4-5,8-12,15H,1-3,6-7,13H2. The monoisotopic (exact) mass is 414 g/mol. The van der Waals surface area contributed by atoms with Gasteiger partial charge >= 0.3 is 0 Å². The second kappa shape index (κ2) is 8.45. The van der Waals surface area contributed by atoms with Gasteiger partial charge in [0.05, 0.1) is 16.7 Å². The minimum Gasteiger partial charge on any atom is -0.293 e. The van der Waals surface area contributed by atoms with Crippen molar-refractivity contribution in [1.29, 1.82) is 0 Å². The first-order chi connectivity index (χ1) is 14.0. The number of thioether (sulfide) groups is 1. The molecule has 1 heterocycles. The second-order valence-electron chi connectivity index (χ2n) is 7.22. The van der Waals surface area contributed by atoms with Gasteiger partial charge in [0.2, 0.25) is 0 Å². The van der Waals surface area contributed by atoms with Crippen molar-refractivity contribution in [3.05, 3.63) is 70.0 Å². The van der Waals surface area contributed by atoms with E-state index in [-0.39, 0.29) is 28.7 Å². The molecule has 1 fully saturated rings. The van der Waals surface area contributed by atoms with E-state index in [2.05, 4.69) is 4.98 Å². The second-order valence-corrected chi connectivity index (χ2v) is 8.16. The van der Waals surface area contributed by atoms with E-state index in [9.17, 15) is 18.4 Å². The van der Waals surface area contributed by atoms with Gasteiger partial charge in [-0.1, -0.05) is 43.2 Å². The van der Waals surface area contributed by atoms with Crippen LogP contribution in [0.25, 0.3) is 10.9 Å². The number of rotatable bonds is 5. The number of benzene rings is 2. The molecular formula is C22H20F2N2O2S. The largest absolute Gasteiger partial charge is 0.293 e. The lowest BCUT2D eigenvalue weighted by atomic mass is 9.95. The van der Waals surface area contributed by atoms with Crippen LogP contribution in [0.15, 0.2) is 52.4 Å². The summed E-state index contributed by atoms with van der Waals surface area (Å²) >= 11 is 1.17. The molecule has 1 aromatic heterocycles. The Morgan fingerprint density at radius 2 is 1.83 bits per heavy atom. The molecule has 4 nitrogen and oxygen atoms in total. The van der Waals surface area contributed by atoms with Gasteiger partial charge in [0, 0.05) is 11.6 Å². The van der Waals surface area contributed by atoms with Gasteiger partial charge in [-0.15, -0.1) is 0 Å². The Bertz CT molecular complexity index is 1120. The van der Waals surface area contributed by atoms with Gasteiger partial charge in [-0.05, 0) is 43.2 Å². The predicted octanol–water partition coefficient (Wildman–Crippen LogP) is 5.15. The smallest absolute Gasteiger partial charge is 0.262 e. The van der Waals surface area contributed by atoms with Crippen LogP contribution in [-0.2, 0) is 0 Å². The van der Waals surface area contributed by atoms with Crippen LogP contribution in [0.4, 0.5) is 8.78 Å². The van der Waals surface area contributed by atoms with Crippen LogP contribution in [0.2, 0.25) is 0 Å². The molecule has 0 spiro atoms. The lowest BCUT2D eigenvalue weighted by molar-refractivity contribution is 0.102. The van der Waals surface area contributed by atoms with Crippen LogP contribution in [-0.4, -0.2) is 21.1 Å². The molecule has 0 radical (unpaired) electrons. The zero-order chi connectivity index (χ0) is 20.4. The summed E-state index contributed by atoms with van der Waals surface area (Å²) in [6.07, 6.45) is 5.09. The fourth-order valence-corrected chi connectivity index (χ4v) is 4.73. The molecule has 0 atom stereocenters. The first-order valence-electron chi connectivity index (χ1n) is 9.67. The normalized spacial score (nSPS) is 15.0. The molecule has 1 saturated carbocycles. The topological polar surface area (TPSA) is 52.0 Å². The molecule has 150 valence electrons. The highest BCUT2D eigenvalue weighted by molar-refractivity contribution is 7.99. The van der Waals surface area contributed by atoms with Gasteiger partial charge in [0.15, 0.2) is 22.6 Å².